The van der Waals surface area contributed by atoms with Gasteiger partial charge >= 0.3 is 0 Å². The van der Waals surface area contributed by atoms with Crippen molar-refractivity contribution >= 4 is 11.9 Å². The maximum absolute atomic E-state index is 11.3. The van der Waals surface area contributed by atoms with Crippen LogP contribution in [-0.4, -0.2) is 28.6 Å². The summed E-state index contributed by atoms with van der Waals surface area (Å²) in [6.45, 7) is 8.74. The Hall–Kier alpha value is -1.59. The lowest BCUT2D eigenvalue weighted by Gasteiger charge is -2.35. The van der Waals surface area contributed by atoms with E-state index in [4.69, 9.17) is 10.3 Å². The quantitative estimate of drug-likeness (QED) is 0.875. The summed E-state index contributed by atoms with van der Waals surface area (Å²) in [5.74, 6) is 0.781. The third-order valence-corrected chi connectivity index (χ3v) is 3.60. The molecule has 1 fully saturated rings. The Bertz CT molecular complexity index is 463. The van der Waals surface area contributed by atoms with Crippen molar-refractivity contribution in [2.45, 2.75) is 52.0 Å². The van der Waals surface area contributed by atoms with Crippen LogP contribution in [0, 0.1) is 5.92 Å². The van der Waals surface area contributed by atoms with Crippen LogP contribution in [0.25, 0.3) is 0 Å². The maximum atomic E-state index is 11.3. The Morgan fingerprint density at radius 1 is 1.42 bits per heavy atom. The first-order valence-corrected chi connectivity index (χ1v) is 6.69. The summed E-state index contributed by atoms with van der Waals surface area (Å²) in [7, 11) is 0. The van der Waals surface area contributed by atoms with Crippen LogP contribution >= 0.6 is 0 Å². The van der Waals surface area contributed by atoms with Crippen molar-refractivity contribution in [2.24, 2.45) is 11.7 Å². The number of hydrogen-bond donors (Lipinski definition) is 1. The Morgan fingerprint density at radius 2 is 2.11 bits per heavy atom. The first-order valence-electron chi connectivity index (χ1n) is 6.69. The largest absolute Gasteiger partial charge is 0.369 e. The van der Waals surface area contributed by atoms with Gasteiger partial charge in [-0.15, -0.1) is 0 Å². The van der Waals surface area contributed by atoms with Gasteiger partial charge in [-0.1, -0.05) is 20.8 Å². The van der Waals surface area contributed by atoms with E-state index in [2.05, 4.69) is 17.1 Å². The fraction of sp³-hybridized carbons (Fsp3) is 0.769. The van der Waals surface area contributed by atoms with Crippen LogP contribution in [0.5, 0.6) is 0 Å². The number of hydrogen-bond acceptors (Lipinski definition) is 5. The molecule has 2 rings (SSSR count). The predicted molar refractivity (Wildman–Crippen MR) is 71.7 cm³/mol. The molecule has 0 spiro atoms. The molecule has 0 saturated carbocycles. The molecule has 19 heavy (non-hydrogen) atoms. The Balaban J connectivity index is 2.19. The fourth-order valence-corrected chi connectivity index (χ4v) is 2.25. The molecule has 2 heterocycles. The number of anilines is 1. The van der Waals surface area contributed by atoms with Crippen LogP contribution < -0.4 is 10.6 Å². The molecule has 1 saturated heterocycles. The van der Waals surface area contributed by atoms with Crippen molar-refractivity contribution in [1.82, 2.24) is 10.1 Å². The zero-order chi connectivity index (χ0) is 14.2. The molecule has 2 N–H and O–H groups in total. The minimum atomic E-state index is -0.253. The number of piperidine rings is 1. The van der Waals surface area contributed by atoms with E-state index < -0.39 is 0 Å². The molecule has 2 unspecified atom stereocenters. The topological polar surface area (TPSA) is 85.3 Å². The van der Waals surface area contributed by atoms with Gasteiger partial charge in [-0.25, -0.2) is 0 Å². The molecule has 1 aliphatic rings. The lowest BCUT2D eigenvalue weighted by Crippen LogP contribution is -2.46. The smallest absolute Gasteiger partial charge is 0.266 e. The third kappa shape index (κ3) is 2.88. The number of rotatable bonds is 2. The molecule has 0 aromatic carbocycles. The van der Waals surface area contributed by atoms with Crippen LogP contribution in [0.15, 0.2) is 4.52 Å². The van der Waals surface area contributed by atoms with E-state index in [0.717, 1.165) is 12.8 Å². The lowest BCUT2D eigenvalue weighted by molar-refractivity contribution is -0.122. The summed E-state index contributed by atoms with van der Waals surface area (Å²) in [6, 6.07) is 0.293. The molecule has 6 heteroatoms. The number of amides is 1. The monoisotopic (exact) mass is 266 g/mol. The van der Waals surface area contributed by atoms with E-state index in [1.807, 2.05) is 25.7 Å². The Kier molecular flexibility index (Phi) is 3.52. The molecule has 6 nitrogen and oxygen atoms in total. The van der Waals surface area contributed by atoms with E-state index in [1.165, 1.54) is 0 Å². The highest BCUT2D eigenvalue weighted by Gasteiger charge is 2.32. The van der Waals surface area contributed by atoms with Gasteiger partial charge in [0.25, 0.3) is 5.95 Å². The van der Waals surface area contributed by atoms with Crippen LogP contribution in [0.2, 0.25) is 0 Å². The highest BCUT2D eigenvalue weighted by molar-refractivity contribution is 5.77. The average molecular weight is 266 g/mol. The van der Waals surface area contributed by atoms with Gasteiger partial charge in [0, 0.05) is 18.0 Å². The van der Waals surface area contributed by atoms with Crippen molar-refractivity contribution in [1.29, 1.82) is 0 Å². The number of primary amides is 1. The molecule has 106 valence electrons. The predicted octanol–water partition coefficient (Wildman–Crippen LogP) is 1.46. The van der Waals surface area contributed by atoms with Gasteiger partial charge in [0.05, 0.1) is 5.92 Å². The van der Waals surface area contributed by atoms with Crippen molar-refractivity contribution in [2.75, 3.05) is 11.4 Å². The van der Waals surface area contributed by atoms with Crippen LogP contribution in [0.1, 0.15) is 46.4 Å². The van der Waals surface area contributed by atoms with Gasteiger partial charge in [0.2, 0.25) is 11.8 Å². The van der Waals surface area contributed by atoms with Gasteiger partial charge < -0.3 is 15.2 Å². The zero-order valence-electron chi connectivity index (χ0n) is 12.0. The molecule has 0 radical (unpaired) electrons. The van der Waals surface area contributed by atoms with Crippen molar-refractivity contribution in [3.8, 4) is 0 Å². The van der Waals surface area contributed by atoms with Crippen LogP contribution in [-0.2, 0) is 10.2 Å². The summed E-state index contributed by atoms with van der Waals surface area (Å²) in [5, 5.41) is 4.04. The molecule has 0 bridgehead atoms. The molecular weight excluding hydrogens is 244 g/mol. The molecular formula is C13H22N4O2. The number of carbonyl (C=O) groups is 1. The first-order chi connectivity index (χ1) is 8.79. The normalized spacial score (nSPS) is 24.5. The summed E-state index contributed by atoms with van der Waals surface area (Å²) in [4.78, 5) is 17.8. The number of aromatic nitrogens is 2. The SMILES string of the molecule is CC1CCC(C(N)=O)CN1c1noc(C(C)(C)C)n1. The summed E-state index contributed by atoms with van der Waals surface area (Å²) in [5.41, 5.74) is 5.22. The highest BCUT2D eigenvalue weighted by Crippen LogP contribution is 2.28. The minimum absolute atomic E-state index is 0.132. The van der Waals surface area contributed by atoms with E-state index in [-0.39, 0.29) is 17.2 Å². The summed E-state index contributed by atoms with van der Waals surface area (Å²) >= 11 is 0. The maximum Gasteiger partial charge on any atom is 0.266 e. The van der Waals surface area contributed by atoms with Gasteiger partial charge in [-0.2, -0.15) is 4.98 Å². The average Bonchev–Trinajstić information content (AvgIpc) is 2.78. The van der Waals surface area contributed by atoms with E-state index >= 15 is 0 Å². The number of carbonyl (C=O) groups excluding carboxylic acids is 1. The van der Waals surface area contributed by atoms with Gasteiger partial charge in [-0.05, 0) is 24.9 Å². The van der Waals surface area contributed by atoms with Gasteiger partial charge in [0.1, 0.15) is 0 Å². The first kappa shape index (κ1) is 13.8. The minimum Gasteiger partial charge on any atom is -0.369 e. The molecule has 2 atom stereocenters. The standard InChI is InChI=1S/C13H22N4O2/c1-8-5-6-9(10(14)18)7-17(8)12-15-11(19-16-12)13(2,3)4/h8-9H,5-7H2,1-4H3,(H2,14,18). The van der Waals surface area contributed by atoms with Gasteiger partial charge in [-0.3, -0.25) is 4.79 Å². The van der Waals surface area contributed by atoms with E-state index in [1.54, 1.807) is 0 Å². The second-order valence-electron chi connectivity index (χ2n) is 6.33. The van der Waals surface area contributed by atoms with Crippen LogP contribution in [0.3, 0.4) is 0 Å². The summed E-state index contributed by atoms with van der Waals surface area (Å²) < 4.78 is 5.31. The van der Waals surface area contributed by atoms with Crippen molar-refractivity contribution in [3.05, 3.63) is 5.89 Å². The fourth-order valence-electron chi connectivity index (χ4n) is 2.25. The summed E-state index contributed by atoms with van der Waals surface area (Å²) in [6.07, 6.45) is 1.74. The van der Waals surface area contributed by atoms with Gasteiger partial charge in [0.15, 0.2) is 0 Å². The van der Waals surface area contributed by atoms with E-state index in [9.17, 15) is 4.79 Å². The van der Waals surface area contributed by atoms with Crippen LogP contribution in [0.4, 0.5) is 5.95 Å². The second-order valence-corrected chi connectivity index (χ2v) is 6.33. The number of nitrogens with zero attached hydrogens (tertiary/aromatic N) is 3. The lowest BCUT2D eigenvalue weighted by atomic mass is 9.93. The Labute approximate surface area is 113 Å². The van der Waals surface area contributed by atoms with Crippen molar-refractivity contribution < 1.29 is 9.32 Å². The van der Waals surface area contributed by atoms with E-state index in [0.29, 0.717) is 24.4 Å². The molecule has 1 amide bonds. The highest BCUT2D eigenvalue weighted by atomic mass is 16.5. The molecule has 1 aromatic heterocycles. The zero-order valence-corrected chi connectivity index (χ0v) is 12.0. The Morgan fingerprint density at radius 3 is 2.63 bits per heavy atom. The molecule has 0 aliphatic carbocycles. The van der Waals surface area contributed by atoms with Crippen molar-refractivity contribution in [3.63, 3.8) is 0 Å². The third-order valence-electron chi connectivity index (χ3n) is 3.60. The molecule has 1 aromatic rings. The molecule has 1 aliphatic heterocycles. The number of nitrogens with two attached hydrogens (primary N) is 1. The second kappa shape index (κ2) is 4.83.